The van der Waals surface area contributed by atoms with Crippen molar-refractivity contribution in [3.05, 3.63) is 35.4 Å². The van der Waals surface area contributed by atoms with Crippen molar-refractivity contribution < 1.29 is 14.4 Å². The molecule has 7 heteroatoms. The van der Waals surface area contributed by atoms with E-state index >= 15 is 0 Å². The Balaban J connectivity index is 1.59. The molecule has 36 heavy (non-hydrogen) atoms. The van der Waals surface area contributed by atoms with Crippen molar-refractivity contribution in [3.63, 3.8) is 0 Å². The van der Waals surface area contributed by atoms with Crippen molar-refractivity contribution >= 4 is 17.7 Å². The molecular weight excluding hydrogens is 452 g/mol. The second kappa shape index (κ2) is 9.81. The van der Waals surface area contributed by atoms with Crippen molar-refractivity contribution in [3.8, 4) is 0 Å². The van der Waals surface area contributed by atoms with E-state index < -0.39 is 23.5 Å². The molecule has 3 N–H and O–H groups in total. The fourth-order valence-electron chi connectivity index (χ4n) is 6.42. The molecule has 1 heterocycles. The molecule has 1 saturated carbocycles. The van der Waals surface area contributed by atoms with Crippen molar-refractivity contribution in [2.45, 2.75) is 91.4 Å². The summed E-state index contributed by atoms with van der Waals surface area (Å²) in [5.41, 5.74) is 1.97. The first-order valence-corrected chi connectivity index (χ1v) is 13.6. The molecule has 0 bridgehead atoms. The second-order valence-electron chi connectivity index (χ2n) is 12.5. The molecule has 1 aliphatic heterocycles. The van der Waals surface area contributed by atoms with E-state index in [9.17, 15) is 14.4 Å². The summed E-state index contributed by atoms with van der Waals surface area (Å²) in [6.45, 7) is 12.7. The summed E-state index contributed by atoms with van der Waals surface area (Å²) in [5, 5.41) is 9.24. The molecular formula is C29H44N4O3. The lowest BCUT2D eigenvalue weighted by Crippen LogP contribution is -2.59. The molecule has 1 aromatic carbocycles. The van der Waals surface area contributed by atoms with Crippen LogP contribution in [0.25, 0.3) is 0 Å². The molecule has 198 valence electrons. The van der Waals surface area contributed by atoms with E-state index in [1.54, 1.807) is 18.9 Å². The topological polar surface area (TPSA) is 90.5 Å². The number of amides is 3. The third kappa shape index (κ3) is 4.79. The summed E-state index contributed by atoms with van der Waals surface area (Å²) in [5.74, 6) is 0.482. The zero-order valence-corrected chi connectivity index (χ0v) is 23.0. The minimum Gasteiger partial charge on any atom is -0.347 e. The number of likely N-dealkylation sites (tertiary alicyclic amines) is 1. The molecule has 6 atom stereocenters. The number of aryl methyl sites for hydroxylation is 1. The standard InChI is InChI=1S/C29H44N4O3/c1-17-18(2)29(17)15-23(26(35)31-22-14-10-12-20-11-8-9-13-21(20)22)33(16-29)27(36)24(28(4,5)6)32-25(34)19(3)30-7/h8-9,11,13,17-19,22-24,30H,10,12,14-16H2,1-7H3,(H,31,35)(H,32,34)/t17?,18?,19-,22+,23-,24+,29?/m0/s1. The Morgan fingerprint density at radius 3 is 2.39 bits per heavy atom. The SMILES string of the molecule is CN[C@@H](C)C(=O)N[C@H](C(=O)N1CC2(C[C@H]1C(=O)N[C@@H]1CCCc3ccccc31)C(C)C2C)C(C)(C)C. The van der Waals surface area contributed by atoms with Gasteiger partial charge in [0.05, 0.1) is 12.1 Å². The number of likely N-dealkylation sites (N-methyl/N-ethyl adjacent to an activating group) is 1. The molecule has 0 aromatic heterocycles. The lowest BCUT2D eigenvalue weighted by Gasteiger charge is -2.36. The fourth-order valence-corrected chi connectivity index (χ4v) is 6.42. The van der Waals surface area contributed by atoms with Gasteiger partial charge in [0.2, 0.25) is 17.7 Å². The van der Waals surface area contributed by atoms with E-state index in [4.69, 9.17) is 0 Å². The van der Waals surface area contributed by atoms with Crippen LogP contribution in [-0.2, 0) is 20.8 Å². The van der Waals surface area contributed by atoms with Gasteiger partial charge in [-0.3, -0.25) is 14.4 Å². The number of carbonyl (C=O) groups is 3. The first kappa shape index (κ1) is 26.6. The van der Waals surface area contributed by atoms with Gasteiger partial charge in [0.1, 0.15) is 12.1 Å². The Hall–Kier alpha value is -2.41. The largest absolute Gasteiger partial charge is 0.347 e. The quantitative estimate of drug-likeness (QED) is 0.564. The predicted octanol–water partition coefficient (Wildman–Crippen LogP) is 3.19. The van der Waals surface area contributed by atoms with Gasteiger partial charge < -0.3 is 20.9 Å². The van der Waals surface area contributed by atoms with Crippen LogP contribution in [0.4, 0.5) is 0 Å². The van der Waals surface area contributed by atoms with Gasteiger partial charge in [0, 0.05) is 6.54 Å². The van der Waals surface area contributed by atoms with Crippen LogP contribution in [0.2, 0.25) is 0 Å². The van der Waals surface area contributed by atoms with Crippen LogP contribution in [0.15, 0.2) is 24.3 Å². The van der Waals surface area contributed by atoms with E-state index in [1.165, 1.54) is 11.1 Å². The molecule has 0 radical (unpaired) electrons. The summed E-state index contributed by atoms with van der Waals surface area (Å²) in [4.78, 5) is 42.4. The summed E-state index contributed by atoms with van der Waals surface area (Å²) in [6.07, 6.45) is 3.66. The zero-order valence-electron chi connectivity index (χ0n) is 23.0. The highest BCUT2D eigenvalue weighted by Gasteiger charge is 2.66. The Morgan fingerprint density at radius 1 is 1.11 bits per heavy atom. The average Bonchev–Trinajstić information content (AvgIpc) is 3.17. The Kier molecular flexibility index (Phi) is 7.26. The highest BCUT2D eigenvalue weighted by atomic mass is 16.2. The average molecular weight is 497 g/mol. The van der Waals surface area contributed by atoms with Gasteiger partial charge in [0.25, 0.3) is 0 Å². The summed E-state index contributed by atoms with van der Waals surface area (Å²) < 4.78 is 0. The van der Waals surface area contributed by atoms with Gasteiger partial charge >= 0.3 is 0 Å². The number of fused-ring (bicyclic) bond motifs is 1. The third-order valence-electron chi connectivity index (χ3n) is 9.37. The predicted molar refractivity (Wildman–Crippen MR) is 141 cm³/mol. The molecule has 1 aromatic rings. The van der Waals surface area contributed by atoms with E-state index in [2.05, 4.69) is 48.0 Å². The van der Waals surface area contributed by atoms with Crippen LogP contribution in [0.5, 0.6) is 0 Å². The van der Waals surface area contributed by atoms with E-state index in [0.29, 0.717) is 24.8 Å². The minimum atomic E-state index is -0.717. The van der Waals surface area contributed by atoms with E-state index in [1.807, 2.05) is 26.8 Å². The van der Waals surface area contributed by atoms with Crippen LogP contribution >= 0.6 is 0 Å². The summed E-state index contributed by atoms with van der Waals surface area (Å²) >= 11 is 0. The lowest BCUT2D eigenvalue weighted by atomic mass is 9.85. The molecule has 1 saturated heterocycles. The highest BCUT2D eigenvalue weighted by molar-refractivity contribution is 5.94. The van der Waals surface area contributed by atoms with Crippen molar-refractivity contribution in [1.29, 1.82) is 0 Å². The molecule has 2 unspecified atom stereocenters. The van der Waals surface area contributed by atoms with Crippen LogP contribution in [0.3, 0.4) is 0 Å². The monoisotopic (exact) mass is 496 g/mol. The number of benzene rings is 1. The van der Waals surface area contributed by atoms with Crippen LogP contribution in [0, 0.1) is 22.7 Å². The molecule has 2 aliphatic carbocycles. The number of rotatable bonds is 6. The van der Waals surface area contributed by atoms with Gasteiger partial charge in [-0.2, -0.15) is 0 Å². The molecule has 4 rings (SSSR count). The van der Waals surface area contributed by atoms with Gasteiger partial charge in [0.15, 0.2) is 0 Å². The third-order valence-corrected chi connectivity index (χ3v) is 9.37. The first-order valence-electron chi connectivity index (χ1n) is 13.6. The van der Waals surface area contributed by atoms with Crippen molar-refractivity contribution in [1.82, 2.24) is 20.9 Å². The molecule has 2 fully saturated rings. The number of nitrogens with one attached hydrogen (secondary N) is 3. The van der Waals surface area contributed by atoms with Gasteiger partial charge in [-0.05, 0) is 73.4 Å². The lowest BCUT2D eigenvalue weighted by molar-refractivity contribution is -0.144. The number of carbonyl (C=O) groups excluding carboxylic acids is 3. The first-order chi connectivity index (χ1) is 16.9. The highest BCUT2D eigenvalue weighted by Crippen LogP contribution is 2.64. The molecule has 3 amide bonds. The maximum Gasteiger partial charge on any atom is 0.246 e. The molecule has 3 aliphatic rings. The maximum absolute atomic E-state index is 14.1. The normalized spacial score (nSPS) is 30.9. The molecule has 7 nitrogen and oxygen atoms in total. The second-order valence-corrected chi connectivity index (χ2v) is 12.5. The summed E-state index contributed by atoms with van der Waals surface area (Å²) in [6, 6.07) is 6.65. The van der Waals surface area contributed by atoms with Crippen molar-refractivity contribution in [2.75, 3.05) is 13.6 Å². The number of nitrogens with zero attached hydrogens (tertiary/aromatic N) is 1. The van der Waals surface area contributed by atoms with E-state index in [-0.39, 0.29) is 29.2 Å². The van der Waals surface area contributed by atoms with Crippen LogP contribution in [0.1, 0.15) is 78.0 Å². The molecule has 1 spiro atoms. The van der Waals surface area contributed by atoms with Crippen molar-refractivity contribution in [2.24, 2.45) is 22.7 Å². The Morgan fingerprint density at radius 2 is 1.78 bits per heavy atom. The Bertz CT molecular complexity index is 1010. The van der Waals surface area contributed by atoms with E-state index in [0.717, 1.165) is 19.3 Å². The maximum atomic E-state index is 14.1. The van der Waals surface area contributed by atoms with Gasteiger partial charge in [-0.1, -0.05) is 58.9 Å². The van der Waals surface area contributed by atoms with Crippen LogP contribution in [-0.4, -0.2) is 54.3 Å². The fraction of sp³-hybridized carbons (Fsp3) is 0.690. The number of hydrogen-bond donors (Lipinski definition) is 3. The zero-order chi connectivity index (χ0) is 26.4. The smallest absolute Gasteiger partial charge is 0.246 e. The minimum absolute atomic E-state index is 0.0210. The van der Waals surface area contributed by atoms with Gasteiger partial charge in [-0.25, -0.2) is 0 Å². The summed E-state index contributed by atoms with van der Waals surface area (Å²) in [7, 11) is 1.72. The Labute approximate surface area is 216 Å². The van der Waals surface area contributed by atoms with Crippen LogP contribution < -0.4 is 16.0 Å². The van der Waals surface area contributed by atoms with Gasteiger partial charge in [-0.15, -0.1) is 0 Å². The number of hydrogen-bond acceptors (Lipinski definition) is 4.